The van der Waals surface area contributed by atoms with Gasteiger partial charge in [-0.3, -0.25) is 19.4 Å². The lowest BCUT2D eigenvalue weighted by atomic mass is 10.1. The van der Waals surface area contributed by atoms with Gasteiger partial charge in [-0.15, -0.1) is 0 Å². The van der Waals surface area contributed by atoms with Crippen molar-refractivity contribution in [1.29, 1.82) is 0 Å². The first-order valence-electron chi connectivity index (χ1n) is 10.6. The number of rotatable bonds is 6. The van der Waals surface area contributed by atoms with Gasteiger partial charge in [0.25, 0.3) is 0 Å². The second-order valence-corrected chi connectivity index (χ2v) is 8.53. The number of nitrogens with zero attached hydrogens (tertiary/aromatic N) is 4. The molecule has 2 aliphatic rings. The van der Waals surface area contributed by atoms with E-state index >= 15 is 0 Å². The van der Waals surface area contributed by atoms with E-state index in [0.29, 0.717) is 18.1 Å². The molecule has 2 aliphatic heterocycles. The van der Waals surface area contributed by atoms with Crippen LogP contribution >= 0.6 is 0 Å². The van der Waals surface area contributed by atoms with Crippen LogP contribution in [0.15, 0.2) is 24.8 Å². The maximum absolute atomic E-state index is 12.6. The molecule has 2 heterocycles. The average molecular weight is 391 g/mol. The largest absolute Gasteiger partial charge is 0.336 e. The third-order valence-corrected chi connectivity index (χ3v) is 6.14. The van der Waals surface area contributed by atoms with E-state index in [9.17, 15) is 9.59 Å². The Morgan fingerprint density at radius 2 is 1.71 bits per heavy atom. The van der Waals surface area contributed by atoms with Crippen LogP contribution < -0.4 is 0 Å². The van der Waals surface area contributed by atoms with Gasteiger partial charge >= 0.3 is 0 Å². The Hall–Kier alpha value is -1.66. The average Bonchev–Trinajstić information content (AvgIpc) is 2.66. The summed E-state index contributed by atoms with van der Waals surface area (Å²) in [5, 5.41) is 0. The van der Waals surface area contributed by atoms with Gasteiger partial charge in [0.05, 0.1) is 0 Å². The van der Waals surface area contributed by atoms with Crippen LogP contribution in [0.1, 0.15) is 41.0 Å². The lowest BCUT2D eigenvalue weighted by molar-refractivity contribution is -0.131. The van der Waals surface area contributed by atoms with Crippen molar-refractivity contribution in [2.24, 2.45) is 0 Å². The highest BCUT2D eigenvalue weighted by Crippen LogP contribution is 2.17. The molecule has 0 spiro atoms. The summed E-state index contributed by atoms with van der Waals surface area (Å²) in [7, 11) is 0. The molecular formula is C22H38N4O2. The smallest absolute Gasteiger partial charge is 0.246 e. The van der Waals surface area contributed by atoms with E-state index in [2.05, 4.69) is 51.0 Å². The molecule has 3 atom stereocenters. The summed E-state index contributed by atoms with van der Waals surface area (Å²) in [6, 6.07) is 1.43. The molecule has 0 radical (unpaired) electrons. The van der Waals surface area contributed by atoms with Crippen LogP contribution in [0.4, 0.5) is 0 Å². The lowest BCUT2D eigenvalue weighted by Crippen LogP contribution is -2.55. The molecule has 0 aromatic rings. The summed E-state index contributed by atoms with van der Waals surface area (Å²) < 4.78 is 0. The van der Waals surface area contributed by atoms with Crippen LogP contribution in [0.2, 0.25) is 0 Å². The van der Waals surface area contributed by atoms with E-state index in [4.69, 9.17) is 0 Å². The van der Waals surface area contributed by atoms with Crippen molar-refractivity contribution in [3.05, 3.63) is 24.8 Å². The fourth-order valence-electron chi connectivity index (χ4n) is 4.33. The molecule has 0 aromatic carbocycles. The number of hydrogen-bond donors (Lipinski definition) is 0. The first kappa shape index (κ1) is 22.6. The first-order chi connectivity index (χ1) is 13.2. The summed E-state index contributed by atoms with van der Waals surface area (Å²) in [5.74, 6) is 0.133. The minimum atomic E-state index is 0.0105. The highest BCUT2D eigenvalue weighted by molar-refractivity contribution is 5.88. The number of amides is 2. The minimum absolute atomic E-state index is 0.0105. The van der Waals surface area contributed by atoms with Gasteiger partial charge in [-0.2, -0.15) is 0 Å². The van der Waals surface area contributed by atoms with Crippen molar-refractivity contribution in [2.45, 2.75) is 65.2 Å². The van der Waals surface area contributed by atoms with E-state index in [1.165, 1.54) is 6.08 Å². The molecular weight excluding hydrogens is 352 g/mol. The summed E-state index contributed by atoms with van der Waals surface area (Å²) in [5.41, 5.74) is 0. The van der Waals surface area contributed by atoms with Crippen LogP contribution in [0.25, 0.3) is 0 Å². The summed E-state index contributed by atoms with van der Waals surface area (Å²) in [6.07, 6.45) is 6.00. The van der Waals surface area contributed by atoms with E-state index in [-0.39, 0.29) is 17.9 Å². The summed E-state index contributed by atoms with van der Waals surface area (Å²) in [4.78, 5) is 33.1. The molecule has 2 fully saturated rings. The zero-order chi connectivity index (χ0) is 20.8. The van der Waals surface area contributed by atoms with Crippen molar-refractivity contribution < 1.29 is 9.59 Å². The molecule has 2 saturated heterocycles. The molecule has 0 aliphatic carbocycles. The topological polar surface area (TPSA) is 47.1 Å². The Balaban J connectivity index is 1.81. The molecule has 0 aromatic heterocycles. The summed E-state index contributed by atoms with van der Waals surface area (Å²) in [6.45, 7) is 19.5. The van der Waals surface area contributed by atoms with E-state index in [1.54, 1.807) is 6.08 Å². The van der Waals surface area contributed by atoms with E-state index in [0.717, 1.165) is 45.7 Å². The molecule has 28 heavy (non-hydrogen) atoms. The molecule has 158 valence electrons. The van der Waals surface area contributed by atoms with Crippen LogP contribution in [0.3, 0.4) is 0 Å². The SMILES string of the molecule is C=CC(=O)N1CCN(C(C)C/C=C\C(=O)N2CCN(C(C)C)C[C@@H]2C)[C@H](C)C1. The van der Waals surface area contributed by atoms with Crippen LogP contribution in [-0.2, 0) is 9.59 Å². The molecule has 0 bridgehead atoms. The summed E-state index contributed by atoms with van der Waals surface area (Å²) >= 11 is 0. The maximum Gasteiger partial charge on any atom is 0.246 e. The van der Waals surface area contributed by atoms with Gasteiger partial charge < -0.3 is 9.80 Å². The molecule has 0 N–H and O–H groups in total. The van der Waals surface area contributed by atoms with Gasteiger partial charge in [-0.1, -0.05) is 12.7 Å². The Morgan fingerprint density at radius 3 is 2.29 bits per heavy atom. The minimum Gasteiger partial charge on any atom is -0.336 e. The molecule has 0 saturated carbocycles. The van der Waals surface area contributed by atoms with Gasteiger partial charge in [0.15, 0.2) is 0 Å². The molecule has 6 heteroatoms. The second kappa shape index (κ2) is 10.2. The number of hydrogen-bond acceptors (Lipinski definition) is 4. The quantitative estimate of drug-likeness (QED) is 0.651. The van der Waals surface area contributed by atoms with Crippen molar-refractivity contribution >= 4 is 11.8 Å². The standard InChI is InChI=1S/C22H38N4O2/c1-7-21(27)24-12-13-25(19(5)16-24)18(4)9-8-10-22(28)26-14-11-23(17(2)3)15-20(26)6/h7-8,10,17-20H,1,9,11-16H2,2-6H3/b10-8-/t18?,19-,20+/m1/s1. The van der Waals surface area contributed by atoms with Crippen LogP contribution in [0, 0.1) is 0 Å². The fraction of sp³-hybridized carbons (Fsp3) is 0.727. The third-order valence-electron chi connectivity index (χ3n) is 6.14. The Kier molecular flexibility index (Phi) is 8.25. The van der Waals surface area contributed by atoms with E-state index in [1.807, 2.05) is 15.9 Å². The maximum atomic E-state index is 12.6. The molecule has 6 nitrogen and oxygen atoms in total. The Labute approximate surface area is 170 Å². The van der Waals surface area contributed by atoms with Crippen LogP contribution in [-0.4, -0.2) is 94.8 Å². The molecule has 1 unspecified atom stereocenters. The first-order valence-corrected chi connectivity index (χ1v) is 10.6. The van der Waals surface area contributed by atoms with Gasteiger partial charge in [-0.05, 0) is 53.2 Å². The number of carbonyl (C=O) groups excluding carboxylic acids is 2. The number of piperazine rings is 2. The van der Waals surface area contributed by atoms with Gasteiger partial charge in [0.1, 0.15) is 0 Å². The lowest BCUT2D eigenvalue weighted by Gasteiger charge is -2.42. The van der Waals surface area contributed by atoms with Crippen molar-refractivity contribution in [3.8, 4) is 0 Å². The van der Waals surface area contributed by atoms with Crippen molar-refractivity contribution in [3.63, 3.8) is 0 Å². The van der Waals surface area contributed by atoms with Gasteiger partial charge in [0, 0.05) is 63.4 Å². The fourth-order valence-corrected chi connectivity index (χ4v) is 4.33. The Bertz CT molecular complexity index is 589. The van der Waals surface area contributed by atoms with Crippen LogP contribution in [0.5, 0.6) is 0 Å². The monoisotopic (exact) mass is 390 g/mol. The Morgan fingerprint density at radius 1 is 1.00 bits per heavy atom. The number of carbonyl (C=O) groups is 2. The normalized spacial score (nSPS) is 26.1. The second-order valence-electron chi connectivity index (χ2n) is 8.53. The highest BCUT2D eigenvalue weighted by atomic mass is 16.2. The van der Waals surface area contributed by atoms with Crippen molar-refractivity contribution in [1.82, 2.24) is 19.6 Å². The highest BCUT2D eigenvalue weighted by Gasteiger charge is 2.29. The molecule has 2 amide bonds. The predicted octanol–water partition coefficient (Wildman–Crippen LogP) is 1.98. The zero-order valence-electron chi connectivity index (χ0n) is 18.3. The molecule has 2 rings (SSSR count). The third kappa shape index (κ3) is 5.67. The van der Waals surface area contributed by atoms with E-state index < -0.39 is 0 Å². The zero-order valence-corrected chi connectivity index (χ0v) is 18.3. The van der Waals surface area contributed by atoms with Gasteiger partial charge in [0.2, 0.25) is 11.8 Å². The van der Waals surface area contributed by atoms with Crippen molar-refractivity contribution in [2.75, 3.05) is 39.3 Å². The predicted molar refractivity (Wildman–Crippen MR) is 114 cm³/mol. The van der Waals surface area contributed by atoms with Gasteiger partial charge in [-0.25, -0.2) is 0 Å².